The Bertz CT molecular complexity index is 1600. The van der Waals surface area contributed by atoms with Gasteiger partial charge in [0.2, 0.25) is 0 Å². The number of halogens is 3. The lowest BCUT2D eigenvalue weighted by molar-refractivity contribution is -0.140. The molecule has 0 radical (unpaired) electrons. The van der Waals surface area contributed by atoms with E-state index < -0.39 is 11.9 Å². The van der Waals surface area contributed by atoms with Gasteiger partial charge in [0.15, 0.2) is 5.13 Å². The van der Waals surface area contributed by atoms with Gasteiger partial charge in [0.25, 0.3) is 0 Å². The molecule has 1 aliphatic rings. The van der Waals surface area contributed by atoms with Gasteiger partial charge in [-0.15, -0.1) is 0 Å². The van der Waals surface area contributed by atoms with Gasteiger partial charge >= 0.3 is 6.18 Å². The number of anilines is 1. The Balaban J connectivity index is 0.00000323. The summed E-state index contributed by atoms with van der Waals surface area (Å²) in [5, 5.41) is 14.4. The Hall–Kier alpha value is -3.96. The van der Waals surface area contributed by atoms with Gasteiger partial charge in [-0.2, -0.15) is 13.2 Å². The number of benzene rings is 2. The van der Waals surface area contributed by atoms with Crippen LogP contribution in [0.25, 0.3) is 32.9 Å². The first-order valence-electron chi connectivity index (χ1n) is 12.5. The first-order valence-corrected chi connectivity index (χ1v) is 13.4. The largest absolute Gasteiger partial charge is 0.457 e. The Morgan fingerprint density at radius 3 is 2.45 bits per heavy atom. The van der Waals surface area contributed by atoms with E-state index in [9.17, 15) is 18.3 Å². The molecule has 1 aliphatic carbocycles. The van der Waals surface area contributed by atoms with Crippen LogP contribution >= 0.6 is 11.3 Å². The number of aromatic amines is 1. The summed E-state index contributed by atoms with van der Waals surface area (Å²) in [7, 11) is 0. The Morgan fingerprint density at radius 2 is 1.70 bits per heavy atom. The number of hydrogen-bond donors (Lipinski definition) is 3. The summed E-state index contributed by atoms with van der Waals surface area (Å²) in [5.41, 5.74) is 1.94. The molecular formula is C29H28F3N5O2S. The van der Waals surface area contributed by atoms with E-state index in [1.807, 2.05) is 18.2 Å². The van der Waals surface area contributed by atoms with Gasteiger partial charge in [-0.25, -0.2) is 9.97 Å². The summed E-state index contributed by atoms with van der Waals surface area (Å²) in [6.45, 7) is 0. The number of aromatic nitrogens is 4. The summed E-state index contributed by atoms with van der Waals surface area (Å²) >= 11 is 1.52. The van der Waals surface area contributed by atoms with Gasteiger partial charge in [-0.1, -0.05) is 55.9 Å². The highest BCUT2D eigenvalue weighted by molar-refractivity contribution is 7.22. The molecule has 0 saturated heterocycles. The normalized spacial score (nSPS) is 17.4. The summed E-state index contributed by atoms with van der Waals surface area (Å²) in [6, 6.07) is 16.2. The SMILES string of the molecule is C.O[C@@H]1CCCC[C@H]1Nc1nc2ccc(Oc3ccnc(-c4ccc(-c5ncc(C(F)(F)F)[nH]5)cc4)c3)cc2s1. The highest BCUT2D eigenvalue weighted by Crippen LogP contribution is 2.34. The molecule has 3 aromatic heterocycles. The van der Waals surface area contributed by atoms with Crippen molar-refractivity contribution >= 4 is 26.7 Å². The molecule has 0 spiro atoms. The number of thiazole rings is 1. The van der Waals surface area contributed by atoms with Crippen LogP contribution in [0.2, 0.25) is 0 Å². The molecule has 2 atom stereocenters. The number of aliphatic hydroxyl groups is 1. The predicted octanol–water partition coefficient (Wildman–Crippen LogP) is 7.91. The molecule has 3 N–H and O–H groups in total. The van der Waals surface area contributed by atoms with Gasteiger partial charge in [-0.3, -0.25) is 4.98 Å². The van der Waals surface area contributed by atoms with Crippen LogP contribution in [0.1, 0.15) is 38.8 Å². The smallest absolute Gasteiger partial charge is 0.432 e. The minimum Gasteiger partial charge on any atom is -0.457 e. The van der Waals surface area contributed by atoms with Crippen molar-refractivity contribution in [3.05, 3.63) is 72.7 Å². The van der Waals surface area contributed by atoms with Crippen molar-refractivity contribution in [2.75, 3.05) is 5.32 Å². The molecular weight excluding hydrogens is 539 g/mol. The van der Waals surface area contributed by atoms with E-state index >= 15 is 0 Å². The summed E-state index contributed by atoms with van der Waals surface area (Å²) in [6.07, 6.45) is 1.50. The third kappa shape index (κ3) is 5.95. The summed E-state index contributed by atoms with van der Waals surface area (Å²) in [5.74, 6) is 1.39. The van der Waals surface area contributed by atoms with E-state index in [2.05, 4.69) is 25.3 Å². The van der Waals surface area contributed by atoms with E-state index in [0.29, 0.717) is 22.8 Å². The number of H-pyrrole nitrogens is 1. The molecule has 6 rings (SSSR count). The quantitative estimate of drug-likeness (QED) is 0.193. The number of fused-ring (bicyclic) bond motifs is 1. The third-order valence-corrected chi connectivity index (χ3v) is 7.65. The average molecular weight is 568 g/mol. The summed E-state index contributed by atoms with van der Waals surface area (Å²) < 4.78 is 45.7. The van der Waals surface area contributed by atoms with Crippen LogP contribution < -0.4 is 10.1 Å². The highest BCUT2D eigenvalue weighted by Gasteiger charge is 2.33. The first kappa shape index (κ1) is 27.6. The van der Waals surface area contributed by atoms with Gasteiger partial charge in [-0.05, 0) is 31.0 Å². The number of imidazole rings is 1. The molecule has 7 nitrogen and oxygen atoms in total. The predicted molar refractivity (Wildman–Crippen MR) is 151 cm³/mol. The van der Waals surface area contributed by atoms with Crippen molar-refractivity contribution < 1.29 is 23.0 Å². The maximum Gasteiger partial charge on any atom is 0.432 e. The molecule has 0 aliphatic heterocycles. The number of rotatable bonds is 6. The van der Waals surface area contributed by atoms with Crippen LogP contribution in [-0.2, 0) is 6.18 Å². The monoisotopic (exact) mass is 567 g/mol. The minimum absolute atomic E-state index is 0. The average Bonchev–Trinajstić information content (AvgIpc) is 3.58. The molecule has 5 aromatic rings. The zero-order chi connectivity index (χ0) is 27.0. The standard InChI is InChI=1S/C28H24F3N5O2S.CH4/c29-28(30,31)25-15-33-26(36-25)17-7-5-16(6-8-17)22-13-19(11-12-32-22)38-18-9-10-21-24(14-18)39-27(35-21)34-20-3-1-2-4-23(20)37;/h5-15,20,23,37H,1-4H2,(H,33,36)(H,34,35);1H4/t20-,23-;/m1./s1. The van der Waals surface area contributed by atoms with Crippen LogP contribution in [0.3, 0.4) is 0 Å². The van der Waals surface area contributed by atoms with E-state index in [0.717, 1.165) is 52.8 Å². The van der Waals surface area contributed by atoms with E-state index in [4.69, 9.17) is 4.74 Å². The number of ether oxygens (including phenoxy) is 1. The topological polar surface area (TPSA) is 95.9 Å². The van der Waals surface area contributed by atoms with Crippen molar-refractivity contribution in [1.82, 2.24) is 19.9 Å². The lowest BCUT2D eigenvalue weighted by Crippen LogP contribution is -2.36. The first-order chi connectivity index (χ1) is 18.8. The lowest BCUT2D eigenvalue weighted by atomic mass is 9.93. The van der Waals surface area contributed by atoms with Crippen LogP contribution in [-0.4, -0.2) is 37.2 Å². The van der Waals surface area contributed by atoms with Crippen molar-refractivity contribution in [3.63, 3.8) is 0 Å². The second-order valence-electron chi connectivity index (χ2n) is 9.45. The van der Waals surface area contributed by atoms with Gasteiger partial charge < -0.3 is 20.1 Å². The molecule has 208 valence electrons. The number of hydrogen-bond acceptors (Lipinski definition) is 7. The second-order valence-corrected chi connectivity index (χ2v) is 10.5. The lowest BCUT2D eigenvalue weighted by Gasteiger charge is -2.27. The van der Waals surface area contributed by atoms with Gasteiger partial charge in [0.1, 0.15) is 23.0 Å². The zero-order valence-electron chi connectivity index (χ0n) is 20.6. The molecule has 11 heteroatoms. The van der Waals surface area contributed by atoms with E-state index in [1.54, 1.807) is 42.6 Å². The molecule has 0 amide bonds. The zero-order valence-corrected chi connectivity index (χ0v) is 21.4. The number of nitrogens with zero attached hydrogens (tertiary/aromatic N) is 3. The van der Waals surface area contributed by atoms with Crippen LogP contribution in [0, 0.1) is 0 Å². The number of aliphatic hydroxyl groups excluding tert-OH is 1. The molecule has 1 fully saturated rings. The van der Waals surface area contributed by atoms with Gasteiger partial charge in [0.05, 0.1) is 34.3 Å². The van der Waals surface area contributed by atoms with Gasteiger partial charge in [0, 0.05) is 29.5 Å². The summed E-state index contributed by atoms with van der Waals surface area (Å²) in [4.78, 5) is 15.2. The van der Waals surface area contributed by atoms with Crippen molar-refractivity contribution in [3.8, 4) is 34.1 Å². The van der Waals surface area contributed by atoms with Crippen LogP contribution in [0.5, 0.6) is 11.5 Å². The fraction of sp³-hybridized carbons (Fsp3) is 0.276. The van der Waals surface area contributed by atoms with Crippen molar-refractivity contribution in [2.24, 2.45) is 0 Å². The Kier molecular flexibility index (Phi) is 7.77. The fourth-order valence-corrected chi connectivity index (χ4v) is 5.60. The maximum atomic E-state index is 12.9. The molecule has 40 heavy (non-hydrogen) atoms. The highest BCUT2D eigenvalue weighted by atomic mass is 32.1. The third-order valence-electron chi connectivity index (χ3n) is 6.70. The molecule has 2 aromatic carbocycles. The number of alkyl halides is 3. The van der Waals surface area contributed by atoms with E-state index in [-0.39, 0.29) is 25.4 Å². The molecule has 0 unspecified atom stereocenters. The van der Waals surface area contributed by atoms with Crippen LogP contribution in [0.15, 0.2) is 67.0 Å². The van der Waals surface area contributed by atoms with E-state index in [1.165, 1.54) is 11.3 Å². The molecule has 1 saturated carbocycles. The van der Waals surface area contributed by atoms with Crippen molar-refractivity contribution in [1.29, 1.82) is 0 Å². The molecule has 0 bridgehead atoms. The second kappa shape index (κ2) is 11.3. The maximum absolute atomic E-state index is 12.9. The molecule has 3 heterocycles. The fourth-order valence-electron chi connectivity index (χ4n) is 4.65. The minimum atomic E-state index is -4.47. The van der Waals surface area contributed by atoms with Crippen molar-refractivity contribution in [2.45, 2.75) is 51.4 Å². The Labute approximate surface area is 233 Å². The van der Waals surface area contributed by atoms with Crippen LogP contribution in [0.4, 0.5) is 18.3 Å². The number of pyridine rings is 1. The number of nitrogens with one attached hydrogen (secondary N) is 2. The Morgan fingerprint density at radius 1 is 0.950 bits per heavy atom.